The highest BCUT2D eigenvalue weighted by Gasteiger charge is 2.46. The van der Waals surface area contributed by atoms with E-state index in [1.165, 1.54) is 12.3 Å². The van der Waals surface area contributed by atoms with Gasteiger partial charge in [0.05, 0.1) is 5.69 Å². The Bertz CT molecular complexity index is 784. The third kappa shape index (κ3) is 2.44. The van der Waals surface area contributed by atoms with E-state index in [2.05, 4.69) is 15.0 Å². The van der Waals surface area contributed by atoms with Gasteiger partial charge >= 0.3 is 0 Å². The van der Waals surface area contributed by atoms with Gasteiger partial charge in [-0.2, -0.15) is 8.78 Å². The molecule has 1 aliphatic heterocycles. The Kier molecular flexibility index (Phi) is 3.49. The monoisotopic (exact) mass is 350 g/mol. The van der Waals surface area contributed by atoms with Crippen LogP contribution >= 0.6 is 11.6 Å². The van der Waals surface area contributed by atoms with Gasteiger partial charge < -0.3 is 4.90 Å². The summed E-state index contributed by atoms with van der Waals surface area (Å²) in [6.07, 6.45) is 7.64. The van der Waals surface area contributed by atoms with Gasteiger partial charge in [-0.15, -0.1) is 0 Å². The SMILES string of the molecule is CC(F)(F)c1ccnc(N2CC3(CCCC3)c3cnc(Cl)cc32)n1. The third-order valence-electron chi connectivity index (χ3n) is 5.07. The maximum absolute atomic E-state index is 13.6. The fourth-order valence-corrected chi connectivity index (χ4v) is 4.06. The minimum absolute atomic E-state index is 0.00101. The molecule has 0 radical (unpaired) electrons. The fourth-order valence-electron chi connectivity index (χ4n) is 3.91. The summed E-state index contributed by atoms with van der Waals surface area (Å²) in [6.45, 7) is 1.53. The van der Waals surface area contributed by atoms with Gasteiger partial charge in [-0.3, -0.25) is 0 Å². The van der Waals surface area contributed by atoms with Crippen molar-refractivity contribution < 1.29 is 8.78 Å². The van der Waals surface area contributed by atoms with Crippen LogP contribution in [-0.2, 0) is 11.3 Å². The van der Waals surface area contributed by atoms with Gasteiger partial charge in [0, 0.05) is 36.8 Å². The van der Waals surface area contributed by atoms with Crippen molar-refractivity contribution in [3.63, 3.8) is 0 Å². The zero-order valence-corrected chi connectivity index (χ0v) is 14.0. The van der Waals surface area contributed by atoms with E-state index in [0.717, 1.165) is 43.9 Å². The van der Waals surface area contributed by atoms with Gasteiger partial charge in [-0.1, -0.05) is 24.4 Å². The minimum atomic E-state index is -3.00. The lowest BCUT2D eigenvalue weighted by Crippen LogP contribution is -2.29. The first kappa shape index (κ1) is 15.7. The van der Waals surface area contributed by atoms with E-state index in [9.17, 15) is 8.78 Å². The van der Waals surface area contributed by atoms with Crippen LogP contribution in [0.2, 0.25) is 5.15 Å². The summed E-state index contributed by atoms with van der Waals surface area (Å²) < 4.78 is 27.3. The average molecular weight is 351 g/mol. The summed E-state index contributed by atoms with van der Waals surface area (Å²) in [4.78, 5) is 14.5. The molecule has 0 N–H and O–H groups in total. The van der Waals surface area contributed by atoms with Crippen molar-refractivity contribution in [1.82, 2.24) is 15.0 Å². The predicted octanol–water partition coefficient (Wildman–Crippen LogP) is 4.60. The van der Waals surface area contributed by atoms with E-state index in [1.807, 2.05) is 11.1 Å². The van der Waals surface area contributed by atoms with Crippen LogP contribution in [0.4, 0.5) is 20.4 Å². The van der Waals surface area contributed by atoms with Crippen molar-refractivity contribution in [2.24, 2.45) is 0 Å². The summed E-state index contributed by atoms with van der Waals surface area (Å²) in [6, 6.07) is 3.04. The molecular formula is C17H17ClF2N4. The Balaban J connectivity index is 1.82. The van der Waals surface area contributed by atoms with Gasteiger partial charge in [-0.05, 0) is 25.0 Å². The first-order chi connectivity index (χ1) is 11.4. The zero-order chi connectivity index (χ0) is 16.9. The standard InChI is InChI=1S/C17H17ClF2N4/c1-16(19,20)13-4-7-21-15(23-13)24-10-17(5-2-3-6-17)11-9-22-14(18)8-12(11)24/h4,7-9H,2-3,5-6,10H2,1H3. The molecule has 7 heteroatoms. The number of rotatable bonds is 2. The van der Waals surface area contributed by atoms with Gasteiger partial charge in [-0.25, -0.2) is 15.0 Å². The average Bonchev–Trinajstić information content (AvgIpc) is 3.13. The highest BCUT2D eigenvalue weighted by molar-refractivity contribution is 6.29. The van der Waals surface area contributed by atoms with Crippen molar-refractivity contribution in [3.05, 3.63) is 40.9 Å². The number of hydrogen-bond acceptors (Lipinski definition) is 4. The lowest BCUT2D eigenvalue weighted by atomic mass is 9.82. The molecule has 1 aliphatic carbocycles. The number of pyridine rings is 1. The number of hydrogen-bond donors (Lipinski definition) is 0. The first-order valence-corrected chi connectivity index (χ1v) is 8.42. The molecule has 4 rings (SSSR count). The minimum Gasteiger partial charge on any atom is -0.309 e. The van der Waals surface area contributed by atoms with E-state index < -0.39 is 5.92 Å². The molecule has 3 heterocycles. The lowest BCUT2D eigenvalue weighted by molar-refractivity contribution is 0.0127. The smallest absolute Gasteiger partial charge is 0.287 e. The van der Waals surface area contributed by atoms with Crippen LogP contribution in [0.5, 0.6) is 0 Å². The lowest BCUT2D eigenvalue weighted by Gasteiger charge is -2.24. The molecule has 2 aromatic rings. The van der Waals surface area contributed by atoms with Crippen LogP contribution < -0.4 is 4.90 Å². The first-order valence-electron chi connectivity index (χ1n) is 8.04. The number of aromatic nitrogens is 3. The second-order valence-corrected chi connectivity index (χ2v) is 7.12. The Morgan fingerprint density at radius 2 is 2.00 bits per heavy atom. The van der Waals surface area contributed by atoms with Crippen LogP contribution in [0.15, 0.2) is 24.5 Å². The number of nitrogens with zero attached hydrogens (tertiary/aromatic N) is 4. The Morgan fingerprint density at radius 3 is 2.71 bits per heavy atom. The number of alkyl halides is 2. The summed E-state index contributed by atoms with van der Waals surface area (Å²) in [7, 11) is 0. The fraction of sp³-hybridized carbons (Fsp3) is 0.471. The molecule has 24 heavy (non-hydrogen) atoms. The van der Waals surface area contributed by atoms with Crippen molar-refractivity contribution >= 4 is 23.2 Å². The summed E-state index contributed by atoms with van der Waals surface area (Å²) in [5.41, 5.74) is 1.73. The molecule has 0 saturated heterocycles. The summed E-state index contributed by atoms with van der Waals surface area (Å²) in [5, 5.41) is 0.380. The molecule has 0 bridgehead atoms. The van der Waals surface area contributed by atoms with E-state index in [4.69, 9.17) is 11.6 Å². The van der Waals surface area contributed by atoms with Gasteiger partial charge in [0.1, 0.15) is 10.8 Å². The largest absolute Gasteiger partial charge is 0.309 e. The molecule has 0 atom stereocenters. The highest BCUT2D eigenvalue weighted by atomic mass is 35.5. The van der Waals surface area contributed by atoms with Crippen LogP contribution in [0, 0.1) is 0 Å². The van der Waals surface area contributed by atoms with E-state index >= 15 is 0 Å². The van der Waals surface area contributed by atoms with Gasteiger partial charge in [0.15, 0.2) is 0 Å². The van der Waals surface area contributed by atoms with Crippen molar-refractivity contribution in [1.29, 1.82) is 0 Å². The highest BCUT2D eigenvalue weighted by Crippen LogP contribution is 2.52. The van der Waals surface area contributed by atoms with Crippen molar-refractivity contribution in [2.45, 2.75) is 43.9 Å². The van der Waals surface area contributed by atoms with Crippen LogP contribution in [0.25, 0.3) is 0 Å². The predicted molar refractivity (Wildman–Crippen MR) is 88.0 cm³/mol. The van der Waals surface area contributed by atoms with E-state index in [0.29, 0.717) is 17.6 Å². The van der Waals surface area contributed by atoms with Crippen molar-refractivity contribution in [2.75, 3.05) is 11.4 Å². The maximum Gasteiger partial charge on any atom is 0.287 e. The van der Waals surface area contributed by atoms with Gasteiger partial charge in [0.25, 0.3) is 5.92 Å². The number of fused-ring (bicyclic) bond motifs is 2. The molecule has 4 nitrogen and oxygen atoms in total. The third-order valence-corrected chi connectivity index (χ3v) is 5.27. The van der Waals surface area contributed by atoms with Crippen molar-refractivity contribution in [3.8, 4) is 0 Å². The Morgan fingerprint density at radius 1 is 1.25 bits per heavy atom. The molecule has 1 spiro atoms. The molecule has 126 valence electrons. The van der Waals surface area contributed by atoms with E-state index in [-0.39, 0.29) is 11.1 Å². The normalized spacial score (nSPS) is 19.1. The second-order valence-electron chi connectivity index (χ2n) is 6.73. The molecule has 0 aromatic carbocycles. The molecule has 1 fully saturated rings. The van der Waals surface area contributed by atoms with E-state index in [1.54, 1.807) is 6.07 Å². The Labute approximate surface area is 143 Å². The number of halogens is 3. The molecule has 0 amide bonds. The second kappa shape index (κ2) is 5.34. The van der Waals surface area contributed by atoms with Crippen LogP contribution in [-0.4, -0.2) is 21.5 Å². The summed E-state index contributed by atoms with van der Waals surface area (Å²) >= 11 is 6.08. The van der Waals surface area contributed by atoms with Crippen LogP contribution in [0.3, 0.4) is 0 Å². The molecular weight excluding hydrogens is 334 g/mol. The maximum atomic E-state index is 13.6. The molecule has 2 aromatic heterocycles. The quantitative estimate of drug-likeness (QED) is 0.742. The van der Waals surface area contributed by atoms with Gasteiger partial charge in [0.2, 0.25) is 5.95 Å². The number of anilines is 2. The molecule has 2 aliphatic rings. The molecule has 1 saturated carbocycles. The Hall–Kier alpha value is -1.82. The summed E-state index contributed by atoms with van der Waals surface area (Å²) in [5.74, 6) is -2.71. The molecule has 0 unspecified atom stereocenters. The zero-order valence-electron chi connectivity index (χ0n) is 13.3. The van der Waals surface area contributed by atoms with Crippen LogP contribution in [0.1, 0.15) is 43.9 Å². The topological polar surface area (TPSA) is 41.9 Å².